The van der Waals surface area contributed by atoms with Crippen LogP contribution in [0.15, 0.2) is 24.3 Å². The molecule has 5 heteroatoms. The maximum atomic E-state index is 12.2. The largest absolute Gasteiger partial charge is 0.399 e. The molecule has 18 heavy (non-hydrogen) atoms. The molecule has 1 aromatic carbocycles. The minimum absolute atomic E-state index is 0. The zero-order valence-electron chi connectivity index (χ0n) is 10.5. The summed E-state index contributed by atoms with van der Waals surface area (Å²) in [5.41, 5.74) is 7.06. The molecule has 0 spiro atoms. The molecular weight excluding hydrogens is 271 g/mol. The van der Waals surface area contributed by atoms with Gasteiger partial charge in [0, 0.05) is 11.3 Å². The van der Waals surface area contributed by atoms with Crippen LogP contribution in [-0.2, 0) is 0 Å². The lowest BCUT2D eigenvalue weighted by Crippen LogP contribution is -2.36. The standard InChI is InChI=1S/C13H18N2O.2ClH/c1-10(15-8-2-3-9-15)13(16)11-4-6-12(14)7-5-11;;/h4-7,10H,2-3,8-9,14H2,1H3;2*1H. The van der Waals surface area contributed by atoms with E-state index in [2.05, 4.69) is 4.90 Å². The van der Waals surface area contributed by atoms with Crippen LogP contribution in [0.5, 0.6) is 0 Å². The van der Waals surface area contributed by atoms with Crippen molar-refractivity contribution >= 4 is 36.3 Å². The Balaban J connectivity index is 0.00000144. The molecule has 0 aliphatic carbocycles. The Hall–Kier alpha value is -0.770. The van der Waals surface area contributed by atoms with Gasteiger partial charge in [-0.2, -0.15) is 0 Å². The van der Waals surface area contributed by atoms with E-state index in [4.69, 9.17) is 5.73 Å². The van der Waals surface area contributed by atoms with Crippen LogP contribution in [-0.4, -0.2) is 29.8 Å². The average molecular weight is 291 g/mol. The van der Waals surface area contributed by atoms with Crippen molar-refractivity contribution in [3.63, 3.8) is 0 Å². The van der Waals surface area contributed by atoms with Crippen molar-refractivity contribution in [2.75, 3.05) is 18.8 Å². The topological polar surface area (TPSA) is 46.3 Å². The first-order valence-electron chi connectivity index (χ1n) is 5.82. The summed E-state index contributed by atoms with van der Waals surface area (Å²) in [6.07, 6.45) is 2.42. The second-order valence-corrected chi connectivity index (χ2v) is 4.41. The molecule has 2 rings (SSSR count). The molecular formula is C13H20Cl2N2O. The molecule has 2 N–H and O–H groups in total. The Morgan fingerprint density at radius 3 is 2.17 bits per heavy atom. The van der Waals surface area contributed by atoms with E-state index in [1.165, 1.54) is 12.8 Å². The number of likely N-dealkylation sites (tertiary alicyclic amines) is 1. The fourth-order valence-corrected chi connectivity index (χ4v) is 2.18. The van der Waals surface area contributed by atoms with Crippen molar-refractivity contribution in [3.8, 4) is 0 Å². The van der Waals surface area contributed by atoms with Crippen LogP contribution in [0.1, 0.15) is 30.1 Å². The smallest absolute Gasteiger partial charge is 0.179 e. The van der Waals surface area contributed by atoms with Crippen LogP contribution in [0.4, 0.5) is 5.69 Å². The Labute approximate surface area is 121 Å². The number of benzene rings is 1. The predicted molar refractivity (Wildman–Crippen MR) is 79.9 cm³/mol. The van der Waals surface area contributed by atoms with Crippen LogP contribution in [0.3, 0.4) is 0 Å². The maximum absolute atomic E-state index is 12.2. The third-order valence-electron chi connectivity index (χ3n) is 3.26. The number of halogens is 2. The summed E-state index contributed by atoms with van der Waals surface area (Å²) >= 11 is 0. The summed E-state index contributed by atoms with van der Waals surface area (Å²) < 4.78 is 0. The first-order chi connectivity index (χ1) is 7.68. The van der Waals surface area contributed by atoms with Gasteiger partial charge in [-0.15, -0.1) is 24.8 Å². The SMILES string of the molecule is CC(C(=O)c1ccc(N)cc1)N1CCCC1.Cl.Cl. The molecule has 3 nitrogen and oxygen atoms in total. The molecule has 1 aliphatic rings. The fraction of sp³-hybridized carbons (Fsp3) is 0.462. The maximum Gasteiger partial charge on any atom is 0.179 e. The minimum Gasteiger partial charge on any atom is -0.399 e. The lowest BCUT2D eigenvalue weighted by Gasteiger charge is -2.22. The molecule has 0 aromatic heterocycles. The van der Waals surface area contributed by atoms with E-state index in [9.17, 15) is 4.79 Å². The lowest BCUT2D eigenvalue weighted by molar-refractivity contribution is 0.0867. The summed E-state index contributed by atoms with van der Waals surface area (Å²) in [5, 5.41) is 0. The fourth-order valence-electron chi connectivity index (χ4n) is 2.18. The number of hydrogen-bond donors (Lipinski definition) is 1. The Bertz CT molecular complexity index is 375. The third-order valence-corrected chi connectivity index (χ3v) is 3.26. The molecule has 1 aliphatic heterocycles. The number of nitrogen functional groups attached to an aromatic ring is 1. The number of nitrogens with zero attached hydrogens (tertiary/aromatic N) is 1. The van der Waals surface area contributed by atoms with Gasteiger partial charge >= 0.3 is 0 Å². The van der Waals surface area contributed by atoms with E-state index in [0.717, 1.165) is 18.7 Å². The molecule has 1 aromatic rings. The summed E-state index contributed by atoms with van der Waals surface area (Å²) in [5.74, 6) is 0.196. The number of carbonyl (C=O) groups is 1. The van der Waals surface area contributed by atoms with Crippen molar-refractivity contribution in [2.45, 2.75) is 25.8 Å². The van der Waals surface area contributed by atoms with Crippen molar-refractivity contribution < 1.29 is 4.79 Å². The van der Waals surface area contributed by atoms with E-state index >= 15 is 0 Å². The van der Waals surface area contributed by atoms with Gasteiger partial charge in [0.15, 0.2) is 5.78 Å². The second kappa shape index (κ2) is 7.62. The predicted octanol–water partition coefficient (Wildman–Crippen LogP) is 2.78. The second-order valence-electron chi connectivity index (χ2n) is 4.41. The zero-order chi connectivity index (χ0) is 11.5. The number of nitrogens with two attached hydrogens (primary N) is 1. The van der Waals surface area contributed by atoms with E-state index in [1.54, 1.807) is 12.1 Å². The van der Waals surface area contributed by atoms with Crippen molar-refractivity contribution in [3.05, 3.63) is 29.8 Å². The number of Topliss-reactive ketones (excluding diaryl/α,β-unsaturated/α-hetero) is 1. The molecule has 1 unspecified atom stereocenters. The first kappa shape index (κ1) is 17.2. The number of hydrogen-bond acceptors (Lipinski definition) is 3. The third kappa shape index (κ3) is 3.87. The Morgan fingerprint density at radius 2 is 1.67 bits per heavy atom. The van der Waals surface area contributed by atoms with E-state index in [0.29, 0.717) is 5.69 Å². The van der Waals surface area contributed by atoms with Crippen LogP contribution in [0.2, 0.25) is 0 Å². The van der Waals surface area contributed by atoms with Gasteiger partial charge in [0.05, 0.1) is 6.04 Å². The van der Waals surface area contributed by atoms with Gasteiger partial charge in [-0.1, -0.05) is 0 Å². The number of anilines is 1. The molecule has 1 heterocycles. The highest BCUT2D eigenvalue weighted by molar-refractivity contribution is 6.00. The quantitative estimate of drug-likeness (QED) is 0.688. The molecule has 1 fully saturated rings. The number of carbonyl (C=O) groups excluding carboxylic acids is 1. The summed E-state index contributed by atoms with van der Waals surface area (Å²) in [7, 11) is 0. The highest BCUT2D eigenvalue weighted by atomic mass is 35.5. The molecule has 0 radical (unpaired) electrons. The highest BCUT2D eigenvalue weighted by Crippen LogP contribution is 2.16. The average Bonchev–Trinajstić information content (AvgIpc) is 2.81. The van der Waals surface area contributed by atoms with Crippen molar-refractivity contribution in [2.24, 2.45) is 0 Å². The van der Waals surface area contributed by atoms with Crippen molar-refractivity contribution in [1.29, 1.82) is 0 Å². The summed E-state index contributed by atoms with van der Waals surface area (Å²) in [4.78, 5) is 14.4. The van der Waals surface area contributed by atoms with Crippen molar-refractivity contribution in [1.82, 2.24) is 4.90 Å². The van der Waals surface area contributed by atoms with E-state index < -0.39 is 0 Å². The van der Waals surface area contributed by atoms with Crippen LogP contribution in [0.25, 0.3) is 0 Å². The summed E-state index contributed by atoms with van der Waals surface area (Å²) in [6, 6.07) is 7.17. The zero-order valence-corrected chi connectivity index (χ0v) is 12.1. The molecule has 0 amide bonds. The molecule has 1 atom stereocenters. The van der Waals surface area contributed by atoms with Crippen LogP contribution >= 0.6 is 24.8 Å². The number of ketones is 1. The molecule has 0 saturated carbocycles. The Morgan fingerprint density at radius 1 is 1.17 bits per heavy atom. The van der Waals surface area contributed by atoms with Gasteiger partial charge in [0.2, 0.25) is 0 Å². The van der Waals surface area contributed by atoms with E-state index in [-0.39, 0.29) is 36.6 Å². The van der Waals surface area contributed by atoms with Crippen LogP contribution < -0.4 is 5.73 Å². The number of rotatable bonds is 3. The summed E-state index contributed by atoms with van der Waals surface area (Å²) in [6.45, 7) is 4.08. The van der Waals surface area contributed by atoms with Gasteiger partial charge in [-0.25, -0.2) is 0 Å². The van der Waals surface area contributed by atoms with Gasteiger partial charge in [0.1, 0.15) is 0 Å². The minimum atomic E-state index is -0.00822. The highest BCUT2D eigenvalue weighted by Gasteiger charge is 2.24. The van der Waals surface area contributed by atoms with Gasteiger partial charge in [0.25, 0.3) is 0 Å². The van der Waals surface area contributed by atoms with Gasteiger partial charge < -0.3 is 5.73 Å². The van der Waals surface area contributed by atoms with Gasteiger partial charge in [-0.05, 0) is 57.1 Å². The van der Waals surface area contributed by atoms with Gasteiger partial charge in [-0.3, -0.25) is 9.69 Å². The molecule has 102 valence electrons. The molecule has 1 saturated heterocycles. The normalized spacial score (nSPS) is 16.5. The molecule has 0 bridgehead atoms. The monoisotopic (exact) mass is 290 g/mol. The first-order valence-corrected chi connectivity index (χ1v) is 5.82. The van der Waals surface area contributed by atoms with Crippen LogP contribution in [0, 0.1) is 0 Å². The van der Waals surface area contributed by atoms with E-state index in [1.807, 2.05) is 19.1 Å². The Kier molecular flexibility index (Phi) is 7.29. The lowest BCUT2D eigenvalue weighted by atomic mass is 10.0.